The molecule has 0 saturated heterocycles. The van der Waals surface area contributed by atoms with E-state index in [-0.39, 0.29) is 12.1 Å². The maximum atomic E-state index is 12.9. The molecule has 1 heterocycles. The van der Waals surface area contributed by atoms with Crippen molar-refractivity contribution in [1.29, 1.82) is 0 Å². The highest BCUT2D eigenvalue weighted by molar-refractivity contribution is 5.94. The average Bonchev–Trinajstić information content (AvgIpc) is 2.75. The van der Waals surface area contributed by atoms with E-state index in [1.165, 1.54) is 6.07 Å². The van der Waals surface area contributed by atoms with Crippen molar-refractivity contribution in [3.8, 4) is 0 Å². The first-order chi connectivity index (χ1) is 8.56. The fourth-order valence-corrected chi connectivity index (χ4v) is 1.41. The number of hydrogen-bond donors (Lipinski definition) is 1. The molecular formula is C12H10F2N2O2. The van der Waals surface area contributed by atoms with E-state index in [9.17, 15) is 13.6 Å². The second kappa shape index (κ2) is 4.95. The number of amides is 1. The van der Waals surface area contributed by atoms with E-state index in [0.29, 0.717) is 11.5 Å². The Morgan fingerprint density at radius 1 is 1.33 bits per heavy atom. The van der Waals surface area contributed by atoms with E-state index in [1.807, 2.05) is 0 Å². The predicted molar refractivity (Wildman–Crippen MR) is 58.8 cm³/mol. The van der Waals surface area contributed by atoms with Gasteiger partial charge in [-0.1, -0.05) is 5.16 Å². The summed E-state index contributed by atoms with van der Waals surface area (Å²) in [6, 6.07) is 4.64. The number of hydrogen-bond acceptors (Lipinski definition) is 3. The zero-order chi connectivity index (χ0) is 13.1. The third-order valence-electron chi connectivity index (χ3n) is 2.29. The predicted octanol–water partition coefficient (Wildman–Crippen LogP) is 2.19. The smallest absolute Gasteiger partial charge is 0.251 e. The van der Waals surface area contributed by atoms with Crippen LogP contribution in [0.15, 0.2) is 28.8 Å². The minimum Gasteiger partial charge on any atom is -0.361 e. The molecule has 94 valence electrons. The summed E-state index contributed by atoms with van der Waals surface area (Å²) in [7, 11) is 0. The first kappa shape index (κ1) is 12.2. The van der Waals surface area contributed by atoms with Crippen LogP contribution in [-0.2, 0) is 6.54 Å². The van der Waals surface area contributed by atoms with Crippen molar-refractivity contribution in [2.75, 3.05) is 0 Å². The Morgan fingerprint density at radius 2 is 2.11 bits per heavy atom. The Morgan fingerprint density at radius 3 is 2.72 bits per heavy atom. The minimum atomic E-state index is -1.06. The first-order valence-corrected chi connectivity index (χ1v) is 5.21. The SMILES string of the molecule is Cc1cc(CNC(=O)c2ccc(F)c(F)c2)no1. The highest BCUT2D eigenvalue weighted by Gasteiger charge is 2.10. The maximum Gasteiger partial charge on any atom is 0.251 e. The molecule has 1 aromatic heterocycles. The van der Waals surface area contributed by atoms with Gasteiger partial charge in [0.05, 0.1) is 6.54 Å². The standard InChI is InChI=1S/C12H10F2N2O2/c1-7-4-9(16-18-7)6-15-12(17)8-2-3-10(13)11(14)5-8/h2-5H,6H2,1H3,(H,15,17). The van der Waals surface area contributed by atoms with Crippen molar-refractivity contribution in [3.05, 3.63) is 52.9 Å². The summed E-state index contributed by atoms with van der Waals surface area (Å²) >= 11 is 0. The maximum absolute atomic E-state index is 12.9. The summed E-state index contributed by atoms with van der Waals surface area (Å²) in [6.45, 7) is 1.89. The van der Waals surface area contributed by atoms with Crippen LogP contribution < -0.4 is 5.32 Å². The molecule has 0 atom stereocenters. The van der Waals surface area contributed by atoms with Crippen LogP contribution in [0.5, 0.6) is 0 Å². The molecule has 0 radical (unpaired) electrons. The van der Waals surface area contributed by atoms with Crippen LogP contribution in [0.2, 0.25) is 0 Å². The Kier molecular flexibility index (Phi) is 3.36. The highest BCUT2D eigenvalue weighted by atomic mass is 19.2. The van der Waals surface area contributed by atoms with Gasteiger partial charge in [0.25, 0.3) is 5.91 Å². The highest BCUT2D eigenvalue weighted by Crippen LogP contribution is 2.09. The molecule has 0 bridgehead atoms. The molecule has 1 amide bonds. The van der Waals surface area contributed by atoms with Crippen molar-refractivity contribution in [2.45, 2.75) is 13.5 Å². The summed E-state index contributed by atoms with van der Waals surface area (Å²) in [6.07, 6.45) is 0. The number of carbonyl (C=O) groups is 1. The fraction of sp³-hybridized carbons (Fsp3) is 0.167. The molecule has 6 heteroatoms. The largest absolute Gasteiger partial charge is 0.361 e. The van der Waals surface area contributed by atoms with E-state index in [1.54, 1.807) is 13.0 Å². The monoisotopic (exact) mass is 252 g/mol. The first-order valence-electron chi connectivity index (χ1n) is 5.21. The van der Waals surface area contributed by atoms with Gasteiger partial charge in [0.1, 0.15) is 11.5 Å². The van der Waals surface area contributed by atoms with E-state index >= 15 is 0 Å². The van der Waals surface area contributed by atoms with Gasteiger partial charge in [-0.25, -0.2) is 8.78 Å². The van der Waals surface area contributed by atoms with Gasteiger partial charge in [-0.2, -0.15) is 0 Å². The molecule has 18 heavy (non-hydrogen) atoms. The van der Waals surface area contributed by atoms with Gasteiger partial charge in [0.2, 0.25) is 0 Å². The number of aryl methyl sites for hydroxylation is 1. The quantitative estimate of drug-likeness (QED) is 0.911. The molecule has 0 aliphatic rings. The van der Waals surface area contributed by atoms with Gasteiger partial charge in [-0.3, -0.25) is 4.79 Å². The Hall–Kier alpha value is -2.24. The topological polar surface area (TPSA) is 55.1 Å². The van der Waals surface area contributed by atoms with Gasteiger partial charge in [-0.05, 0) is 25.1 Å². The van der Waals surface area contributed by atoms with Crippen molar-refractivity contribution in [1.82, 2.24) is 10.5 Å². The molecule has 0 unspecified atom stereocenters. The number of aromatic nitrogens is 1. The summed E-state index contributed by atoms with van der Waals surface area (Å²) < 4.78 is 30.4. The number of halogens is 2. The number of rotatable bonds is 3. The normalized spacial score (nSPS) is 10.4. The number of nitrogens with one attached hydrogen (secondary N) is 1. The van der Waals surface area contributed by atoms with Crippen LogP contribution in [0.4, 0.5) is 8.78 Å². The van der Waals surface area contributed by atoms with Gasteiger partial charge in [-0.15, -0.1) is 0 Å². The third-order valence-corrected chi connectivity index (χ3v) is 2.29. The molecular weight excluding hydrogens is 242 g/mol. The van der Waals surface area contributed by atoms with Crippen LogP contribution in [0.3, 0.4) is 0 Å². The van der Waals surface area contributed by atoms with Gasteiger partial charge < -0.3 is 9.84 Å². The second-order valence-corrected chi connectivity index (χ2v) is 3.74. The van der Waals surface area contributed by atoms with Crippen LogP contribution in [0.25, 0.3) is 0 Å². The molecule has 4 nitrogen and oxygen atoms in total. The van der Waals surface area contributed by atoms with Crippen LogP contribution in [0.1, 0.15) is 21.8 Å². The summed E-state index contributed by atoms with van der Waals surface area (Å²) in [5.74, 6) is -1.92. The Bertz CT molecular complexity index is 581. The van der Waals surface area contributed by atoms with E-state index < -0.39 is 17.5 Å². The zero-order valence-electron chi connectivity index (χ0n) is 9.54. The zero-order valence-corrected chi connectivity index (χ0v) is 9.54. The molecule has 1 N–H and O–H groups in total. The molecule has 0 aliphatic carbocycles. The van der Waals surface area contributed by atoms with Gasteiger partial charge >= 0.3 is 0 Å². The fourth-order valence-electron chi connectivity index (χ4n) is 1.41. The number of nitrogens with zero attached hydrogens (tertiary/aromatic N) is 1. The average molecular weight is 252 g/mol. The second-order valence-electron chi connectivity index (χ2n) is 3.74. The summed E-state index contributed by atoms with van der Waals surface area (Å²) in [5, 5.41) is 6.21. The molecule has 0 aliphatic heterocycles. The van der Waals surface area contributed by atoms with Crippen molar-refractivity contribution < 1.29 is 18.1 Å². The van der Waals surface area contributed by atoms with Crippen LogP contribution in [-0.4, -0.2) is 11.1 Å². The molecule has 0 fully saturated rings. The molecule has 0 saturated carbocycles. The summed E-state index contributed by atoms with van der Waals surface area (Å²) in [5.41, 5.74) is 0.609. The Labute approximate surface area is 102 Å². The van der Waals surface area contributed by atoms with Crippen molar-refractivity contribution in [3.63, 3.8) is 0 Å². The van der Waals surface area contributed by atoms with E-state index in [4.69, 9.17) is 4.52 Å². The van der Waals surface area contributed by atoms with Crippen LogP contribution in [0, 0.1) is 18.6 Å². The molecule has 2 rings (SSSR count). The number of benzene rings is 1. The number of carbonyl (C=O) groups excluding carboxylic acids is 1. The lowest BCUT2D eigenvalue weighted by atomic mass is 10.2. The van der Waals surface area contributed by atoms with Gasteiger partial charge in [0.15, 0.2) is 11.6 Å². The van der Waals surface area contributed by atoms with Crippen molar-refractivity contribution in [2.24, 2.45) is 0 Å². The van der Waals surface area contributed by atoms with Gasteiger partial charge in [0, 0.05) is 11.6 Å². The molecule has 1 aromatic carbocycles. The lowest BCUT2D eigenvalue weighted by molar-refractivity contribution is 0.0949. The lowest BCUT2D eigenvalue weighted by Crippen LogP contribution is -2.23. The third kappa shape index (κ3) is 2.71. The summed E-state index contributed by atoms with van der Waals surface area (Å²) in [4.78, 5) is 11.6. The Balaban J connectivity index is 2.01. The molecule has 2 aromatic rings. The van der Waals surface area contributed by atoms with E-state index in [0.717, 1.165) is 12.1 Å². The van der Waals surface area contributed by atoms with Crippen molar-refractivity contribution >= 4 is 5.91 Å². The lowest BCUT2D eigenvalue weighted by Gasteiger charge is -2.03. The minimum absolute atomic E-state index is 0.0501. The van der Waals surface area contributed by atoms with Crippen LogP contribution >= 0.6 is 0 Å². The molecule has 0 spiro atoms. The van der Waals surface area contributed by atoms with E-state index in [2.05, 4.69) is 10.5 Å².